The molecule has 0 radical (unpaired) electrons. The van der Waals surface area contributed by atoms with Gasteiger partial charge >= 0.3 is 0 Å². The Balaban J connectivity index is 1.17. The zero-order valence-corrected chi connectivity index (χ0v) is 29.5. The third-order valence-corrected chi connectivity index (χ3v) is 12.9. The van der Waals surface area contributed by atoms with E-state index in [9.17, 15) is 0 Å². The predicted molar refractivity (Wildman–Crippen MR) is 219 cm³/mol. The first-order valence-electron chi connectivity index (χ1n) is 18.1. The number of aryl methyl sites for hydroxylation is 1. The van der Waals surface area contributed by atoms with E-state index >= 15 is 0 Å². The summed E-state index contributed by atoms with van der Waals surface area (Å²) in [5.41, 5.74) is 17.2. The molecule has 2 aliphatic rings. The number of nitrogens with zero attached hydrogens (tertiary/aromatic N) is 1. The standard InChI is InChI=1S/C49H35NS/c1-49(2)41-18-10-8-14-35(41)36-26-22-33(29-42(36)49)32-23-27-44-40(28-32)46-45-39-17-9-11-19-43(39)50(47(45)37-15-6-7-16-38(37)48(46)51-44)34-24-20-31(21-25-34)30-12-4-3-5-13-30/h3-6,8-15,17-29H,7,16H2,1-2H3. The number of thiophene rings is 1. The molecule has 0 fully saturated rings. The summed E-state index contributed by atoms with van der Waals surface area (Å²) in [6.07, 6.45) is 6.90. The lowest BCUT2D eigenvalue weighted by Gasteiger charge is -2.22. The van der Waals surface area contributed by atoms with Crippen LogP contribution in [-0.2, 0) is 11.8 Å². The first-order chi connectivity index (χ1) is 25.1. The van der Waals surface area contributed by atoms with Gasteiger partial charge in [-0.05, 0) is 99.3 Å². The second-order valence-corrected chi connectivity index (χ2v) is 15.8. The van der Waals surface area contributed by atoms with Crippen LogP contribution in [0.3, 0.4) is 0 Å². The zero-order valence-electron chi connectivity index (χ0n) is 28.7. The van der Waals surface area contributed by atoms with Gasteiger partial charge in [0.25, 0.3) is 0 Å². The molecule has 0 unspecified atom stereocenters. The molecular weight excluding hydrogens is 635 g/mol. The van der Waals surface area contributed by atoms with E-state index in [2.05, 4.69) is 170 Å². The summed E-state index contributed by atoms with van der Waals surface area (Å²) in [7, 11) is 0. The van der Waals surface area contributed by atoms with Gasteiger partial charge in [-0.2, -0.15) is 0 Å². The molecule has 2 aliphatic carbocycles. The van der Waals surface area contributed by atoms with Gasteiger partial charge in [0.05, 0.1) is 11.0 Å². The van der Waals surface area contributed by atoms with Gasteiger partial charge in [-0.3, -0.25) is 0 Å². The quantitative estimate of drug-likeness (QED) is 0.176. The molecular formula is C49H35NS. The highest BCUT2D eigenvalue weighted by Crippen LogP contribution is 2.51. The van der Waals surface area contributed by atoms with Crippen molar-refractivity contribution in [1.29, 1.82) is 0 Å². The Kier molecular flexibility index (Phi) is 6.07. The minimum Gasteiger partial charge on any atom is -0.309 e. The Labute approximate surface area is 301 Å². The van der Waals surface area contributed by atoms with Crippen molar-refractivity contribution in [1.82, 2.24) is 4.57 Å². The van der Waals surface area contributed by atoms with E-state index < -0.39 is 0 Å². The van der Waals surface area contributed by atoms with Crippen molar-refractivity contribution in [3.63, 3.8) is 0 Å². The molecule has 0 aliphatic heterocycles. The summed E-state index contributed by atoms with van der Waals surface area (Å²) in [5, 5.41) is 5.45. The second kappa shape index (κ2) is 10.7. The normalized spacial score (nSPS) is 14.4. The van der Waals surface area contributed by atoms with Gasteiger partial charge < -0.3 is 4.57 Å². The van der Waals surface area contributed by atoms with Crippen molar-refractivity contribution in [2.24, 2.45) is 0 Å². The number of fused-ring (bicyclic) bond motifs is 13. The Hall–Kier alpha value is -5.70. The maximum Gasteiger partial charge on any atom is 0.0623 e. The van der Waals surface area contributed by atoms with Crippen LogP contribution in [0.15, 0.2) is 146 Å². The number of hydrogen-bond acceptors (Lipinski definition) is 1. The van der Waals surface area contributed by atoms with E-state index in [4.69, 9.17) is 0 Å². The van der Waals surface area contributed by atoms with Gasteiger partial charge in [0.15, 0.2) is 0 Å². The third kappa shape index (κ3) is 4.08. The number of para-hydroxylation sites is 1. The van der Waals surface area contributed by atoms with E-state index in [0.29, 0.717) is 0 Å². The Morgan fingerprint density at radius 1 is 0.588 bits per heavy atom. The fraction of sp³-hybridized carbons (Fsp3) is 0.102. The first kappa shape index (κ1) is 29.1. The van der Waals surface area contributed by atoms with E-state index in [1.807, 2.05) is 11.3 Å². The van der Waals surface area contributed by atoms with Gasteiger partial charge in [0, 0.05) is 47.6 Å². The van der Waals surface area contributed by atoms with Crippen LogP contribution in [0.25, 0.3) is 87.1 Å². The molecule has 1 nitrogen and oxygen atoms in total. The molecule has 0 spiro atoms. The third-order valence-electron chi connectivity index (χ3n) is 11.7. The molecule has 9 aromatic rings. The van der Waals surface area contributed by atoms with E-state index in [0.717, 1.165) is 12.8 Å². The lowest BCUT2D eigenvalue weighted by Crippen LogP contribution is -2.14. The van der Waals surface area contributed by atoms with E-state index in [1.54, 1.807) is 0 Å². The molecule has 7 aromatic carbocycles. The molecule has 0 atom stereocenters. The van der Waals surface area contributed by atoms with Crippen molar-refractivity contribution in [3.8, 4) is 39.1 Å². The van der Waals surface area contributed by atoms with Crippen molar-refractivity contribution in [2.75, 3.05) is 0 Å². The van der Waals surface area contributed by atoms with Crippen molar-refractivity contribution >= 4 is 59.4 Å². The molecule has 0 N–H and O–H groups in total. The summed E-state index contributed by atoms with van der Waals surface area (Å²) in [6, 6.07) is 52.1. The molecule has 0 amide bonds. The Morgan fingerprint density at radius 3 is 2.18 bits per heavy atom. The van der Waals surface area contributed by atoms with Crippen LogP contribution < -0.4 is 0 Å². The monoisotopic (exact) mass is 669 g/mol. The average molecular weight is 670 g/mol. The maximum atomic E-state index is 2.53. The fourth-order valence-electron chi connectivity index (χ4n) is 9.19. The summed E-state index contributed by atoms with van der Waals surface area (Å²) in [4.78, 5) is 0. The van der Waals surface area contributed by atoms with Crippen LogP contribution >= 0.6 is 11.3 Å². The molecule has 11 rings (SSSR count). The predicted octanol–water partition coefficient (Wildman–Crippen LogP) is 13.8. The number of benzene rings is 7. The number of aromatic nitrogens is 1. The van der Waals surface area contributed by atoms with Crippen LogP contribution in [0.5, 0.6) is 0 Å². The Morgan fingerprint density at radius 2 is 1.29 bits per heavy atom. The summed E-state index contributed by atoms with van der Waals surface area (Å²) in [5.74, 6) is 0. The lowest BCUT2D eigenvalue weighted by atomic mass is 9.81. The Bertz CT molecular complexity index is 2920. The highest BCUT2D eigenvalue weighted by Gasteiger charge is 2.35. The largest absolute Gasteiger partial charge is 0.309 e. The van der Waals surface area contributed by atoms with Gasteiger partial charge in [0.1, 0.15) is 0 Å². The zero-order chi connectivity index (χ0) is 33.8. The highest BCUT2D eigenvalue weighted by molar-refractivity contribution is 7.26. The van der Waals surface area contributed by atoms with E-state index in [-0.39, 0.29) is 5.41 Å². The SMILES string of the molecule is CC1(C)c2ccccc2-c2ccc(-c3ccc4sc5c6c(c7c(c8ccccc8n7-c7ccc(-c8ccccc8)cc7)c5c4c3)C=CCC6)cc21. The number of rotatable bonds is 3. The molecule has 2 heteroatoms. The molecule has 0 saturated carbocycles. The van der Waals surface area contributed by atoms with E-state index in [1.165, 1.54) is 103 Å². The molecule has 2 aromatic heterocycles. The van der Waals surface area contributed by atoms with Gasteiger partial charge in [-0.1, -0.05) is 129 Å². The minimum atomic E-state index is -0.0268. The molecule has 2 heterocycles. The van der Waals surface area contributed by atoms with Crippen LogP contribution in [0.2, 0.25) is 0 Å². The topological polar surface area (TPSA) is 4.93 Å². The number of allylic oxidation sites excluding steroid dienone is 1. The van der Waals surface area contributed by atoms with Crippen molar-refractivity contribution in [3.05, 3.63) is 168 Å². The minimum absolute atomic E-state index is 0.0268. The molecule has 0 saturated heterocycles. The maximum absolute atomic E-state index is 2.53. The lowest BCUT2D eigenvalue weighted by molar-refractivity contribution is 0.660. The molecule has 51 heavy (non-hydrogen) atoms. The second-order valence-electron chi connectivity index (χ2n) is 14.8. The first-order valence-corrected chi connectivity index (χ1v) is 18.9. The van der Waals surface area contributed by atoms with Crippen LogP contribution in [0.4, 0.5) is 0 Å². The smallest absolute Gasteiger partial charge is 0.0623 e. The van der Waals surface area contributed by atoms with Crippen LogP contribution in [0, 0.1) is 0 Å². The average Bonchev–Trinajstić information content (AvgIpc) is 3.81. The summed E-state index contributed by atoms with van der Waals surface area (Å²) < 4.78 is 5.33. The summed E-state index contributed by atoms with van der Waals surface area (Å²) >= 11 is 1.98. The van der Waals surface area contributed by atoms with Gasteiger partial charge in [-0.25, -0.2) is 0 Å². The fourth-order valence-corrected chi connectivity index (χ4v) is 10.5. The summed E-state index contributed by atoms with van der Waals surface area (Å²) in [6.45, 7) is 4.74. The highest BCUT2D eigenvalue weighted by atomic mass is 32.1. The van der Waals surface area contributed by atoms with Crippen molar-refractivity contribution < 1.29 is 0 Å². The van der Waals surface area contributed by atoms with Gasteiger partial charge in [0.2, 0.25) is 0 Å². The van der Waals surface area contributed by atoms with Crippen molar-refractivity contribution in [2.45, 2.75) is 32.1 Å². The van der Waals surface area contributed by atoms with Gasteiger partial charge in [-0.15, -0.1) is 11.3 Å². The van der Waals surface area contributed by atoms with Crippen LogP contribution in [0.1, 0.15) is 42.5 Å². The number of hydrogen-bond donors (Lipinski definition) is 0. The molecule has 242 valence electrons. The van der Waals surface area contributed by atoms with Crippen LogP contribution in [-0.4, -0.2) is 4.57 Å². The molecule has 0 bridgehead atoms.